The molecule has 0 aromatic carbocycles. The Hall–Kier alpha value is -2.37. The van der Waals surface area contributed by atoms with Gasteiger partial charge in [-0.2, -0.15) is 5.10 Å². The number of hydrogen-bond donors (Lipinski definition) is 1. The first-order valence-corrected chi connectivity index (χ1v) is 8.51. The highest BCUT2D eigenvalue weighted by Gasteiger charge is 2.24. The fourth-order valence-electron chi connectivity index (χ4n) is 2.92. The van der Waals surface area contributed by atoms with Gasteiger partial charge in [0.05, 0.1) is 24.2 Å². The van der Waals surface area contributed by atoms with E-state index in [-0.39, 0.29) is 11.8 Å². The molecule has 1 N–H and O–H groups in total. The van der Waals surface area contributed by atoms with Crippen molar-refractivity contribution >= 4 is 5.91 Å². The van der Waals surface area contributed by atoms with E-state index in [4.69, 9.17) is 4.74 Å². The quantitative estimate of drug-likeness (QED) is 0.916. The van der Waals surface area contributed by atoms with Gasteiger partial charge in [-0.3, -0.25) is 14.9 Å². The molecule has 24 heavy (non-hydrogen) atoms. The third-order valence-corrected chi connectivity index (χ3v) is 4.42. The lowest BCUT2D eigenvalue weighted by Gasteiger charge is -2.32. The Labute approximate surface area is 142 Å². The monoisotopic (exact) mass is 328 g/mol. The van der Waals surface area contributed by atoms with Crippen LogP contribution in [0.25, 0.3) is 11.4 Å². The zero-order chi connectivity index (χ0) is 16.9. The fourth-order valence-corrected chi connectivity index (χ4v) is 2.92. The number of piperidine rings is 1. The number of hydrogen-bond acceptors (Lipinski definition) is 4. The van der Waals surface area contributed by atoms with Gasteiger partial charge in [-0.15, -0.1) is 0 Å². The first-order valence-electron chi connectivity index (χ1n) is 8.51. The molecule has 3 heterocycles. The number of H-pyrrole nitrogens is 1. The number of carbonyl (C=O) groups is 1. The van der Waals surface area contributed by atoms with E-state index < -0.39 is 0 Å². The van der Waals surface area contributed by atoms with Crippen molar-refractivity contribution < 1.29 is 9.53 Å². The normalized spacial score (nSPS) is 15.7. The number of nitrogens with zero attached hydrogens (tertiary/aromatic N) is 3. The summed E-state index contributed by atoms with van der Waals surface area (Å²) in [5.41, 5.74) is 1.74. The SMILES string of the molecule is CC(C)C(=O)N1CCC(COc2ccc(-c3ccn[nH]3)nc2)CC1. The number of aromatic nitrogens is 3. The number of amides is 1. The van der Waals surface area contributed by atoms with Crippen molar-refractivity contribution in [3.8, 4) is 17.1 Å². The highest BCUT2D eigenvalue weighted by Crippen LogP contribution is 2.21. The van der Waals surface area contributed by atoms with Gasteiger partial charge in [-0.1, -0.05) is 13.8 Å². The van der Waals surface area contributed by atoms with Crippen molar-refractivity contribution in [2.75, 3.05) is 19.7 Å². The van der Waals surface area contributed by atoms with Crippen LogP contribution in [0.15, 0.2) is 30.6 Å². The molecule has 0 spiro atoms. The molecule has 1 saturated heterocycles. The summed E-state index contributed by atoms with van der Waals surface area (Å²) in [6.07, 6.45) is 5.45. The molecule has 2 aromatic heterocycles. The van der Waals surface area contributed by atoms with E-state index in [1.165, 1.54) is 0 Å². The van der Waals surface area contributed by atoms with Gasteiger partial charge >= 0.3 is 0 Å². The molecule has 128 valence electrons. The van der Waals surface area contributed by atoms with Crippen LogP contribution in [0, 0.1) is 11.8 Å². The molecule has 0 saturated carbocycles. The summed E-state index contributed by atoms with van der Waals surface area (Å²) in [5.74, 6) is 1.61. The summed E-state index contributed by atoms with van der Waals surface area (Å²) in [4.78, 5) is 18.4. The number of pyridine rings is 1. The van der Waals surface area contributed by atoms with Gasteiger partial charge in [-0.05, 0) is 37.0 Å². The number of carbonyl (C=O) groups excluding carboxylic acids is 1. The largest absolute Gasteiger partial charge is 0.492 e. The number of nitrogens with one attached hydrogen (secondary N) is 1. The van der Waals surface area contributed by atoms with Crippen LogP contribution in [-0.4, -0.2) is 45.7 Å². The van der Waals surface area contributed by atoms with E-state index in [0.717, 1.165) is 43.1 Å². The van der Waals surface area contributed by atoms with Gasteiger partial charge in [0.1, 0.15) is 5.75 Å². The van der Waals surface area contributed by atoms with Crippen molar-refractivity contribution in [2.45, 2.75) is 26.7 Å². The Balaban J connectivity index is 1.46. The van der Waals surface area contributed by atoms with Crippen molar-refractivity contribution in [3.05, 3.63) is 30.6 Å². The minimum atomic E-state index is 0.0808. The summed E-state index contributed by atoms with van der Waals surface area (Å²) in [7, 11) is 0. The molecule has 6 heteroatoms. The number of aromatic amines is 1. The molecular formula is C18H24N4O2. The first kappa shape index (κ1) is 16.5. The van der Waals surface area contributed by atoms with Crippen molar-refractivity contribution in [1.82, 2.24) is 20.1 Å². The van der Waals surface area contributed by atoms with Gasteiger partial charge in [0.15, 0.2) is 0 Å². The summed E-state index contributed by atoms with van der Waals surface area (Å²) < 4.78 is 5.87. The Morgan fingerprint density at radius 2 is 2.12 bits per heavy atom. The molecule has 2 aromatic rings. The second-order valence-electron chi connectivity index (χ2n) is 6.58. The maximum atomic E-state index is 12.0. The molecule has 1 fully saturated rings. The van der Waals surface area contributed by atoms with Gasteiger partial charge in [0.25, 0.3) is 0 Å². The summed E-state index contributed by atoms with van der Waals surface area (Å²) in [6, 6.07) is 5.74. The number of rotatable bonds is 5. The van der Waals surface area contributed by atoms with E-state index >= 15 is 0 Å². The van der Waals surface area contributed by atoms with Crippen LogP contribution in [0.3, 0.4) is 0 Å². The molecule has 3 rings (SSSR count). The Morgan fingerprint density at radius 3 is 2.71 bits per heavy atom. The highest BCUT2D eigenvalue weighted by molar-refractivity contribution is 5.78. The van der Waals surface area contributed by atoms with Crippen molar-refractivity contribution in [3.63, 3.8) is 0 Å². The Bertz CT molecular complexity index is 644. The van der Waals surface area contributed by atoms with Crippen LogP contribution in [0.5, 0.6) is 5.75 Å². The molecule has 6 nitrogen and oxygen atoms in total. The Morgan fingerprint density at radius 1 is 1.33 bits per heavy atom. The standard InChI is InChI=1S/C18H24N4O2/c1-13(2)18(23)22-9-6-14(7-10-22)12-24-15-3-4-16(19-11-15)17-5-8-20-21-17/h3-5,8,11,13-14H,6-7,9-10,12H2,1-2H3,(H,20,21). The average molecular weight is 328 g/mol. The molecule has 0 bridgehead atoms. The smallest absolute Gasteiger partial charge is 0.225 e. The predicted molar refractivity (Wildman–Crippen MR) is 91.5 cm³/mol. The molecule has 0 aliphatic carbocycles. The van der Waals surface area contributed by atoms with E-state index in [1.54, 1.807) is 12.4 Å². The summed E-state index contributed by atoms with van der Waals surface area (Å²) in [6.45, 7) is 6.26. The zero-order valence-corrected chi connectivity index (χ0v) is 14.2. The molecule has 0 unspecified atom stereocenters. The Kier molecular flexibility index (Phi) is 5.13. The first-order chi connectivity index (χ1) is 11.6. The topological polar surface area (TPSA) is 71.1 Å². The maximum absolute atomic E-state index is 12.0. The van der Waals surface area contributed by atoms with Gasteiger partial charge in [0.2, 0.25) is 5.91 Å². The van der Waals surface area contributed by atoms with E-state index in [2.05, 4.69) is 15.2 Å². The summed E-state index contributed by atoms with van der Waals surface area (Å²) >= 11 is 0. The molecule has 0 radical (unpaired) electrons. The molecule has 1 aliphatic heterocycles. The van der Waals surface area contributed by atoms with Gasteiger partial charge in [0, 0.05) is 25.2 Å². The van der Waals surface area contributed by atoms with Crippen molar-refractivity contribution in [1.29, 1.82) is 0 Å². The lowest BCUT2D eigenvalue weighted by Crippen LogP contribution is -2.41. The van der Waals surface area contributed by atoms with E-state index in [9.17, 15) is 4.79 Å². The average Bonchev–Trinajstić information content (AvgIpc) is 3.15. The molecule has 1 amide bonds. The van der Waals surface area contributed by atoms with Gasteiger partial charge < -0.3 is 9.64 Å². The third-order valence-electron chi connectivity index (χ3n) is 4.42. The second-order valence-corrected chi connectivity index (χ2v) is 6.58. The van der Waals surface area contributed by atoms with E-state index in [1.807, 2.05) is 36.9 Å². The fraction of sp³-hybridized carbons (Fsp3) is 0.500. The zero-order valence-electron chi connectivity index (χ0n) is 14.2. The summed E-state index contributed by atoms with van der Waals surface area (Å²) in [5, 5.41) is 6.82. The minimum Gasteiger partial charge on any atom is -0.492 e. The van der Waals surface area contributed by atoms with Crippen LogP contribution in [-0.2, 0) is 4.79 Å². The minimum absolute atomic E-state index is 0.0808. The third kappa shape index (κ3) is 3.93. The molecular weight excluding hydrogens is 304 g/mol. The van der Waals surface area contributed by atoms with Crippen LogP contribution < -0.4 is 4.74 Å². The predicted octanol–water partition coefficient (Wildman–Crippen LogP) is 2.75. The van der Waals surface area contributed by atoms with E-state index in [0.29, 0.717) is 12.5 Å². The van der Waals surface area contributed by atoms with Crippen LogP contribution in [0.4, 0.5) is 0 Å². The molecule has 1 aliphatic rings. The number of ether oxygens (including phenoxy) is 1. The maximum Gasteiger partial charge on any atom is 0.225 e. The van der Waals surface area contributed by atoms with Crippen LogP contribution >= 0.6 is 0 Å². The highest BCUT2D eigenvalue weighted by atomic mass is 16.5. The lowest BCUT2D eigenvalue weighted by atomic mass is 9.97. The van der Waals surface area contributed by atoms with Crippen LogP contribution in [0.1, 0.15) is 26.7 Å². The molecule has 0 atom stereocenters. The van der Waals surface area contributed by atoms with Crippen molar-refractivity contribution in [2.24, 2.45) is 11.8 Å². The number of likely N-dealkylation sites (tertiary alicyclic amines) is 1. The second kappa shape index (κ2) is 7.47. The van der Waals surface area contributed by atoms with Gasteiger partial charge in [-0.25, -0.2) is 0 Å². The lowest BCUT2D eigenvalue weighted by molar-refractivity contribution is -0.136. The van der Waals surface area contributed by atoms with Crippen LogP contribution in [0.2, 0.25) is 0 Å².